The number of aliphatic hydroxyl groups excluding tert-OH is 1. The van der Waals surface area contributed by atoms with Gasteiger partial charge in [-0.1, -0.05) is 44.2 Å². The smallest absolute Gasteiger partial charge is 0.322 e. The highest BCUT2D eigenvalue weighted by Gasteiger charge is 2.26. The minimum atomic E-state index is -0.262. The molecule has 1 aromatic heterocycles. The summed E-state index contributed by atoms with van der Waals surface area (Å²) in [5.74, 6) is 0.138. The fraction of sp³-hybridized carbons (Fsp3) is 0.368. The average molecular weight is 327 g/mol. The van der Waals surface area contributed by atoms with Crippen molar-refractivity contribution in [2.45, 2.75) is 33.4 Å². The molecule has 0 saturated carbocycles. The molecule has 2 amide bonds. The first-order valence-electron chi connectivity index (χ1n) is 8.17. The summed E-state index contributed by atoms with van der Waals surface area (Å²) in [7, 11) is 0. The van der Waals surface area contributed by atoms with E-state index in [1.807, 2.05) is 57.2 Å². The van der Waals surface area contributed by atoms with Crippen molar-refractivity contribution in [1.29, 1.82) is 0 Å². The summed E-state index contributed by atoms with van der Waals surface area (Å²) in [6.45, 7) is 6.21. The maximum atomic E-state index is 12.8. The van der Waals surface area contributed by atoms with E-state index in [1.54, 1.807) is 17.2 Å². The topological polar surface area (TPSA) is 65.5 Å². The molecule has 0 saturated heterocycles. The lowest BCUT2D eigenvalue weighted by molar-refractivity contribution is 0.110. The number of pyridine rings is 1. The van der Waals surface area contributed by atoms with Gasteiger partial charge in [-0.25, -0.2) is 4.79 Å². The maximum Gasteiger partial charge on any atom is 0.322 e. The van der Waals surface area contributed by atoms with Crippen LogP contribution in [0.5, 0.6) is 0 Å². The van der Waals surface area contributed by atoms with E-state index in [9.17, 15) is 9.90 Å². The molecule has 0 aliphatic rings. The number of aliphatic hydroxyl groups is 1. The number of urea groups is 1. The Labute approximate surface area is 143 Å². The molecule has 2 aromatic rings. The van der Waals surface area contributed by atoms with Crippen LogP contribution >= 0.6 is 0 Å². The zero-order valence-corrected chi connectivity index (χ0v) is 14.4. The molecule has 1 aromatic carbocycles. The molecule has 0 aliphatic heterocycles. The van der Waals surface area contributed by atoms with Gasteiger partial charge in [-0.2, -0.15) is 0 Å². The molecular formula is C19H25N3O2. The Morgan fingerprint density at radius 2 is 1.92 bits per heavy atom. The van der Waals surface area contributed by atoms with Gasteiger partial charge in [-0.3, -0.25) is 4.98 Å². The van der Waals surface area contributed by atoms with Crippen LogP contribution in [0.2, 0.25) is 0 Å². The molecule has 0 fully saturated rings. The highest BCUT2D eigenvalue weighted by molar-refractivity contribution is 5.90. The van der Waals surface area contributed by atoms with E-state index in [4.69, 9.17) is 0 Å². The van der Waals surface area contributed by atoms with Crippen molar-refractivity contribution in [2.24, 2.45) is 5.92 Å². The van der Waals surface area contributed by atoms with Crippen LogP contribution in [0.15, 0.2) is 48.7 Å². The molecular weight excluding hydrogens is 302 g/mol. The molecule has 1 atom stereocenters. The number of benzene rings is 1. The Hall–Kier alpha value is -2.40. The number of amides is 2. The van der Waals surface area contributed by atoms with Gasteiger partial charge in [-0.15, -0.1) is 0 Å². The van der Waals surface area contributed by atoms with Gasteiger partial charge in [0.2, 0.25) is 0 Å². The number of anilines is 1. The van der Waals surface area contributed by atoms with Crippen molar-refractivity contribution >= 4 is 11.7 Å². The second-order valence-electron chi connectivity index (χ2n) is 6.17. The maximum absolute atomic E-state index is 12.8. The molecule has 5 heteroatoms. The summed E-state index contributed by atoms with van der Waals surface area (Å²) in [6, 6.07) is 12.9. The van der Waals surface area contributed by atoms with E-state index in [0.29, 0.717) is 12.2 Å². The Bertz CT molecular complexity index is 659. The normalized spacial score (nSPS) is 12.0. The summed E-state index contributed by atoms with van der Waals surface area (Å²) in [6.07, 6.45) is 1.69. The van der Waals surface area contributed by atoms with Gasteiger partial charge in [0.1, 0.15) is 0 Å². The number of hydrogen-bond acceptors (Lipinski definition) is 3. The first kappa shape index (κ1) is 17.9. The monoisotopic (exact) mass is 327 g/mol. The van der Waals surface area contributed by atoms with Gasteiger partial charge >= 0.3 is 6.03 Å². The van der Waals surface area contributed by atoms with Gasteiger partial charge in [-0.05, 0) is 30.5 Å². The molecule has 1 heterocycles. The Kier molecular flexibility index (Phi) is 6.32. The highest BCUT2D eigenvalue weighted by atomic mass is 16.3. The Morgan fingerprint density at radius 1 is 1.21 bits per heavy atom. The van der Waals surface area contributed by atoms with Crippen molar-refractivity contribution < 1.29 is 9.90 Å². The minimum absolute atomic E-state index is 0.0794. The number of carbonyl (C=O) groups is 1. The first-order valence-corrected chi connectivity index (χ1v) is 8.17. The number of aryl methyl sites for hydroxylation is 1. The first-order chi connectivity index (χ1) is 11.5. The van der Waals surface area contributed by atoms with Crippen LogP contribution in [0.4, 0.5) is 10.5 Å². The third-order valence-corrected chi connectivity index (χ3v) is 4.06. The molecule has 2 rings (SSSR count). The van der Waals surface area contributed by atoms with E-state index in [1.165, 1.54) is 0 Å². The number of nitrogens with one attached hydrogen (secondary N) is 1. The van der Waals surface area contributed by atoms with Gasteiger partial charge < -0.3 is 15.3 Å². The van der Waals surface area contributed by atoms with Crippen molar-refractivity contribution in [2.75, 3.05) is 11.9 Å². The zero-order chi connectivity index (χ0) is 17.5. The quantitative estimate of drug-likeness (QED) is 0.854. The fourth-order valence-corrected chi connectivity index (χ4v) is 2.59. The van der Waals surface area contributed by atoms with Crippen molar-refractivity contribution in [3.05, 3.63) is 59.9 Å². The van der Waals surface area contributed by atoms with Crippen LogP contribution in [0.25, 0.3) is 0 Å². The molecule has 0 spiro atoms. The predicted octanol–water partition coefficient (Wildman–Crippen LogP) is 3.44. The van der Waals surface area contributed by atoms with Crippen LogP contribution in [0.1, 0.15) is 25.1 Å². The van der Waals surface area contributed by atoms with Crippen LogP contribution in [-0.4, -0.2) is 33.7 Å². The predicted molar refractivity (Wildman–Crippen MR) is 95.7 cm³/mol. The van der Waals surface area contributed by atoms with Crippen LogP contribution in [0, 0.1) is 12.8 Å². The molecule has 0 unspecified atom stereocenters. The molecule has 0 bridgehead atoms. The summed E-state index contributed by atoms with van der Waals surface area (Å²) in [4.78, 5) is 18.7. The standard InChI is InChI=1S/C19H25N3O2/c1-14(2)18(13-23)22(12-16-8-5-4-6-9-16)19(24)21-17-10-7-11-20-15(17)3/h4-11,14,18,23H,12-13H2,1-3H3,(H,21,24)/t18-/m0/s1. The van der Waals surface area contributed by atoms with Crippen molar-refractivity contribution in [1.82, 2.24) is 9.88 Å². The van der Waals surface area contributed by atoms with E-state index < -0.39 is 0 Å². The summed E-state index contributed by atoms with van der Waals surface area (Å²) >= 11 is 0. The van der Waals surface area contributed by atoms with E-state index >= 15 is 0 Å². The third kappa shape index (κ3) is 4.55. The van der Waals surface area contributed by atoms with Crippen molar-refractivity contribution in [3.8, 4) is 0 Å². The van der Waals surface area contributed by atoms with Crippen LogP contribution in [-0.2, 0) is 6.54 Å². The molecule has 0 radical (unpaired) electrons. The number of carbonyl (C=O) groups excluding carboxylic acids is 1. The minimum Gasteiger partial charge on any atom is -0.394 e. The van der Waals surface area contributed by atoms with Gasteiger partial charge in [0, 0.05) is 12.7 Å². The van der Waals surface area contributed by atoms with Crippen LogP contribution in [0.3, 0.4) is 0 Å². The lowest BCUT2D eigenvalue weighted by Gasteiger charge is -2.33. The fourth-order valence-electron chi connectivity index (χ4n) is 2.59. The Morgan fingerprint density at radius 3 is 2.50 bits per heavy atom. The van der Waals surface area contributed by atoms with Gasteiger partial charge in [0.25, 0.3) is 0 Å². The lowest BCUT2D eigenvalue weighted by Crippen LogP contribution is -2.47. The van der Waals surface area contributed by atoms with E-state index in [0.717, 1.165) is 11.3 Å². The average Bonchev–Trinajstić information content (AvgIpc) is 2.57. The summed E-state index contributed by atoms with van der Waals surface area (Å²) < 4.78 is 0. The number of aromatic nitrogens is 1. The largest absolute Gasteiger partial charge is 0.394 e. The number of rotatable bonds is 6. The number of nitrogens with zero attached hydrogens (tertiary/aromatic N) is 2. The van der Waals surface area contributed by atoms with Gasteiger partial charge in [0.05, 0.1) is 24.0 Å². The van der Waals surface area contributed by atoms with Crippen LogP contribution < -0.4 is 5.32 Å². The summed E-state index contributed by atoms with van der Waals surface area (Å²) in [5, 5.41) is 12.7. The third-order valence-electron chi connectivity index (χ3n) is 4.06. The number of hydrogen-bond donors (Lipinski definition) is 2. The molecule has 128 valence electrons. The second-order valence-corrected chi connectivity index (χ2v) is 6.17. The van der Waals surface area contributed by atoms with E-state index in [-0.39, 0.29) is 24.6 Å². The molecule has 24 heavy (non-hydrogen) atoms. The summed E-state index contributed by atoms with van der Waals surface area (Å²) in [5.41, 5.74) is 2.46. The second kappa shape index (κ2) is 8.45. The molecule has 0 aliphatic carbocycles. The lowest BCUT2D eigenvalue weighted by atomic mass is 10.0. The molecule has 5 nitrogen and oxygen atoms in total. The zero-order valence-electron chi connectivity index (χ0n) is 14.4. The highest BCUT2D eigenvalue weighted by Crippen LogP contribution is 2.18. The van der Waals surface area contributed by atoms with Gasteiger partial charge in [0.15, 0.2) is 0 Å². The Balaban J connectivity index is 2.24. The SMILES string of the molecule is Cc1ncccc1NC(=O)N(Cc1ccccc1)[C@@H](CO)C(C)C. The van der Waals surface area contributed by atoms with E-state index in [2.05, 4.69) is 10.3 Å². The molecule has 2 N–H and O–H groups in total. The van der Waals surface area contributed by atoms with Crippen molar-refractivity contribution in [3.63, 3.8) is 0 Å².